The lowest BCUT2D eigenvalue weighted by atomic mass is 9.85. The van der Waals surface area contributed by atoms with Crippen molar-refractivity contribution in [3.8, 4) is 11.3 Å². The largest absolute Gasteiger partial charge is 0.455 e. The highest BCUT2D eigenvalue weighted by Gasteiger charge is 2.59. The maximum atomic E-state index is 12.6. The number of furan rings is 1. The molecule has 0 radical (unpaired) electrons. The summed E-state index contributed by atoms with van der Waals surface area (Å²) >= 11 is 6.07. The van der Waals surface area contributed by atoms with Crippen LogP contribution in [0.4, 0.5) is 0 Å². The molecule has 0 spiro atoms. The molecule has 5 rings (SSSR count). The van der Waals surface area contributed by atoms with Crippen LogP contribution in [0.2, 0.25) is 5.02 Å². The van der Waals surface area contributed by atoms with E-state index in [0.29, 0.717) is 16.5 Å². The Morgan fingerprint density at radius 1 is 1.11 bits per heavy atom. The van der Waals surface area contributed by atoms with Crippen molar-refractivity contribution in [1.29, 1.82) is 0 Å². The summed E-state index contributed by atoms with van der Waals surface area (Å²) in [4.78, 5) is 25.3. The van der Waals surface area contributed by atoms with Gasteiger partial charge in [0.2, 0.25) is 0 Å². The van der Waals surface area contributed by atoms with E-state index in [2.05, 4.69) is 17.3 Å². The zero-order valence-corrected chi connectivity index (χ0v) is 15.4. The Labute approximate surface area is 161 Å². The molecule has 1 aromatic carbocycles. The first kappa shape index (κ1) is 16.5. The van der Waals surface area contributed by atoms with Crippen LogP contribution in [-0.4, -0.2) is 23.0 Å². The van der Waals surface area contributed by atoms with Crippen LogP contribution in [0.5, 0.6) is 0 Å². The third kappa shape index (κ3) is 2.49. The molecule has 5 nitrogen and oxygen atoms in total. The summed E-state index contributed by atoms with van der Waals surface area (Å²) in [5.41, 5.74) is 1.94. The zero-order chi connectivity index (χ0) is 18.7. The number of carbonyl (C=O) groups excluding carboxylic acids is 2. The number of fused-ring (bicyclic) bond motifs is 5. The number of hydrazone groups is 1. The predicted molar refractivity (Wildman–Crippen MR) is 101 cm³/mol. The van der Waals surface area contributed by atoms with E-state index in [9.17, 15) is 9.59 Å². The van der Waals surface area contributed by atoms with Gasteiger partial charge in [-0.1, -0.05) is 29.8 Å². The molecule has 2 fully saturated rings. The van der Waals surface area contributed by atoms with Crippen LogP contribution in [0, 0.1) is 30.6 Å². The highest BCUT2D eigenvalue weighted by molar-refractivity contribution is 6.30. The summed E-state index contributed by atoms with van der Waals surface area (Å²) in [6, 6.07) is 9.18. The van der Waals surface area contributed by atoms with Crippen LogP contribution >= 0.6 is 11.6 Å². The van der Waals surface area contributed by atoms with Crippen LogP contribution in [0.3, 0.4) is 0 Å². The Morgan fingerprint density at radius 3 is 2.52 bits per heavy atom. The molecule has 1 aromatic heterocycles. The minimum absolute atomic E-state index is 0.178. The molecule has 2 aromatic rings. The summed E-state index contributed by atoms with van der Waals surface area (Å²) in [5.74, 6) is 0.607. The van der Waals surface area contributed by atoms with Gasteiger partial charge in [-0.05, 0) is 55.0 Å². The van der Waals surface area contributed by atoms with Gasteiger partial charge in [-0.25, -0.2) is 0 Å². The zero-order valence-electron chi connectivity index (χ0n) is 14.6. The molecular formula is C21H17ClN2O3. The Balaban J connectivity index is 1.38. The van der Waals surface area contributed by atoms with Gasteiger partial charge in [0.25, 0.3) is 11.8 Å². The van der Waals surface area contributed by atoms with Gasteiger partial charge >= 0.3 is 0 Å². The fraction of sp³-hybridized carbons (Fsp3) is 0.286. The van der Waals surface area contributed by atoms with Crippen LogP contribution in [-0.2, 0) is 9.59 Å². The molecular weight excluding hydrogens is 364 g/mol. The fourth-order valence-electron chi connectivity index (χ4n) is 4.54. The quantitative estimate of drug-likeness (QED) is 0.458. The average Bonchev–Trinajstić information content (AvgIpc) is 3.41. The normalized spacial score (nSPS) is 28.7. The lowest BCUT2D eigenvalue weighted by Gasteiger charge is -2.13. The summed E-state index contributed by atoms with van der Waals surface area (Å²) in [5, 5.41) is 5.80. The second-order valence-corrected chi connectivity index (χ2v) is 7.83. The van der Waals surface area contributed by atoms with Crippen molar-refractivity contribution in [3.63, 3.8) is 0 Å². The molecule has 6 heteroatoms. The topological polar surface area (TPSA) is 62.9 Å². The molecule has 2 aliphatic carbocycles. The van der Waals surface area contributed by atoms with Crippen LogP contribution < -0.4 is 0 Å². The smallest absolute Gasteiger partial charge is 0.254 e. The van der Waals surface area contributed by atoms with Crippen LogP contribution in [0.1, 0.15) is 17.7 Å². The molecule has 1 saturated heterocycles. The Kier molecular flexibility index (Phi) is 3.62. The molecule has 3 aliphatic rings. The van der Waals surface area contributed by atoms with E-state index >= 15 is 0 Å². The number of aryl methyl sites for hydroxylation is 1. The summed E-state index contributed by atoms with van der Waals surface area (Å²) in [6.07, 6.45) is 6.47. The molecule has 136 valence electrons. The molecule has 2 heterocycles. The minimum Gasteiger partial charge on any atom is -0.455 e. The maximum Gasteiger partial charge on any atom is 0.254 e. The van der Waals surface area contributed by atoms with E-state index < -0.39 is 0 Å². The third-order valence-electron chi connectivity index (χ3n) is 5.84. The van der Waals surface area contributed by atoms with Crippen LogP contribution in [0.25, 0.3) is 11.3 Å². The monoisotopic (exact) mass is 380 g/mol. The standard InChI is InChI=1S/C21H17ClN2O3/c1-11-2-5-14(22)9-16(11)17-7-6-15(27-17)10-23-24-20(25)18-12-3-4-13(8-12)19(18)21(24)26/h2-7,9-10,12-13,18-19H,8H2,1H3. The number of hydrogen-bond donors (Lipinski definition) is 0. The number of rotatable bonds is 3. The summed E-state index contributed by atoms with van der Waals surface area (Å²) in [6.45, 7) is 1.98. The number of benzene rings is 1. The highest BCUT2D eigenvalue weighted by Crippen LogP contribution is 2.52. The van der Waals surface area contributed by atoms with Gasteiger partial charge in [-0.2, -0.15) is 10.1 Å². The first-order valence-corrected chi connectivity index (χ1v) is 9.37. The van der Waals surface area contributed by atoms with E-state index in [1.165, 1.54) is 6.21 Å². The fourth-order valence-corrected chi connectivity index (χ4v) is 4.71. The number of carbonyl (C=O) groups is 2. The van der Waals surface area contributed by atoms with E-state index in [0.717, 1.165) is 22.6 Å². The number of nitrogens with zero attached hydrogens (tertiary/aromatic N) is 2. The van der Waals surface area contributed by atoms with Crippen molar-refractivity contribution in [2.24, 2.45) is 28.8 Å². The number of halogens is 1. The van der Waals surface area contributed by atoms with Crippen molar-refractivity contribution >= 4 is 29.6 Å². The van der Waals surface area contributed by atoms with Gasteiger partial charge in [-0.15, -0.1) is 0 Å². The Hall–Kier alpha value is -2.66. The van der Waals surface area contributed by atoms with Crippen molar-refractivity contribution in [2.75, 3.05) is 0 Å². The highest BCUT2D eigenvalue weighted by atomic mass is 35.5. The molecule has 1 saturated carbocycles. The lowest BCUT2D eigenvalue weighted by Crippen LogP contribution is -2.28. The van der Waals surface area contributed by atoms with Gasteiger partial charge < -0.3 is 4.42 Å². The Bertz CT molecular complexity index is 992. The molecule has 27 heavy (non-hydrogen) atoms. The predicted octanol–water partition coefficient (Wildman–Crippen LogP) is 4.05. The number of amides is 2. The van der Waals surface area contributed by atoms with Gasteiger partial charge in [0, 0.05) is 10.6 Å². The van der Waals surface area contributed by atoms with Crippen molar-refractivity contribution in [3.05, 3.63) is 58.8 Å². The molecule has 4 unspecified atom stereocenters. The first-order valence-electron chi connectivity index (χ1n) is 8.99. The molecule has 0 N–H and O–H groups in total. The average molecular weight is 381 g/mol. The molecule has 4 atom stereocenters. The van der Waals surface area contributed by atoms with Crippen LogP contribution in [0.15, 0.2) is 52.0 Å². The van der Waals surface area contributed by atoms with Gasteiger partial charge in [0.15, 0.2) is 0 Å². The third-order valence-corrected chi connectivity index (χ3v) is 6.07. The maximum absolute atomic E-state index is 12.6. The molecule has 1 aliphatic heterocycles. The van der Waals surface area contributed by atoms with Crippen molar-refractivity contribution < 1.29 is 14.0 Å². The van der Waals surface area contributed by atoms with Crippen molar-refractivity contribution in [2.45, 2.75) is 13.3 Å². The van der Waals surface area contributed by atoms with E-state index in [1.807, 2.05) is 31.2 Å². The second kappa shape index (κ2) is 5.92. The SMILES string of the molecule is Cc1ccc(Cl)cc1-c1ccc(C=NN2C(=O)C3C4C=CC(C4)C3C2=O)o1. The van der Waals surface area contributed by atoms with E-state index in [-0.39, 0.29) is 35.5 Å². The second-order valence-electron chi connectivity index (χ2n) is 7.39. The van der Waals surface area contributed by atoms with Gasteiger partial charge in [0.1, 0.15) is 11.5 Å². The summed E-state index contributed by atoms with van der Waals surface area (Å²) < 4.78 is 5.81. The Morgan fingerprint density at radius 2 is 1.81 bits per heavy atom. The van der Waals surface area contributed by atoms with Gasteiger partial charge in [-0.3, -0.25) is 9.59 Å². The molecule has 2 bridgehead atoms. The number of allylic oxidation sites excluding steroid dienone is 2. The van der Waals surface area contributed by atoms with E-state index in [1.54, 1.807) is 6.07 Å². The van der Waals surface area contributed by atoms with Gasteiger partial charge in [0.05, 0.1) is 18.1 Å². The lowest BCUT2D eigenvalue weighted by molar-refractivity contribution is -0.140. The molecule has 2 amide bonds. The first-order chi connectivity index (χ1) is 13.0. The number of hydrogen-bond acceptors (Lipinski definition) is 4. The van der Waals surface area contributed by atoms with Crippen molar-refractivity contribution in [1.82, 2.24) is 5.01 Å². The number of imide groups is 1. The van der Waals surface area contributed by atoms with E-state index in [4.69, 9.17) is 16.0 Å². The summed E-state index contributed by atoms with van der Waals surface area (Å²) in [7, 11) is 0. The minimum atomic E-state index is -0.245.